The maximum Gasteiger partial charge on any atom is 0.412 e. The van der Waals surface area contributed by atoms with Crippen molar-refractivity contribution in [1.82, 2.24) is 14.7 Å². The second-order valence-corrected chi connectivity index (χ2v) is 8.21. The fourth-order valence-corrected chi connectivity index (χ4v) is 4.19. The SMILES string of the molecule is CN(CCCC(=O)O)C(=O)c1cc(NC(=O)OCC2c3ccccc3-c3ccccc32)n(C)n1. The number of hydrogen-bond acceptors (Lipinski definition) is 5. The minimum absolute atomic E-state index is 0.0194. The van der Waals surface area contributed by atoms with Gasteiger partial charge in [0, 0.05) is 39.0 Å². The van der Waals surface area contributed by atoms with E-state index in [0.717, 1.165) is 22.3 Å². The maximum absolute atomic E-state index is 12.6. The molecule has 0 atom stereocenters. The van der Waals surface area contributed by atoms with Crippen LogP contribution in [0, 0.1) is 0 Å². The van der Waals surface area contributed by atoms with Crippen molar-refractivity contribution in [3.05, 3.63) is 71.4 Å². The third-order valence-electron chi connectivity index (χ3n) is 5.90. The van der Waals surface area contributed by atoms with Crippen molar-refractivity contribution in [3.63, 3.8) is 0 Å². The molecular weight excluding hydrogens is 436 g/mol. The standard InChI is InChI=1S/C25H26N4O5/c1-28(13-7-12-23(30)31)24(32)21-14-22(29(2)27-21)26-25(33)34-15-20-18-10-5-3-8-16(18)17-9-4-6-11-19(17)20/h3-6,8-11,14,20H,7,12-13,15H2,1-2H3,(H,26,33)(H,30,31). The van der Waals surface area contributed by atoms with E-state index in [-0.39, 0.29) is 37.1 Å². The van der Waals surface area contributed by atoms with Crippen LogP contribution in [-0.2, 0) is 16.6 Å². The van der Waals surface area contributed by atoms with Gasteiger partial charge in [0.25, 0.3) is 5.91 Å². The van der Waals surface area contributed by atoms with Gasteiger partial charge in [0.05, 0.1) is 0 Å². The van der Waals surface area contributed by atoms with E-state index in [1.165, 1.54) is 15.6 Å². The molecule has 1 aliphatic rings. The topological polar surface area (TPSA) is 114 Å². The van der Waals surface area contributed by atoms with Gasteiger partial charge in [-0.25, -0.2) is 4.79 Å². The summed E-state index contributed by atoms with van der Waals surface area (Å²) in [5, 5.41) is 15.6. The van der Waals surface area contributed by atoms with Crippen molar-refractivity contribution in [2.45, 2.75) is 18.8 Å². The molecular formula is C25H26N4O5. The Bertz CT molecular complexity index is 1190. The predicted octanol–water partition coefficient (Wildman–Crippen LogP) is 3.72. The van der Waals surface area contributed by atoms with Crippen LogP contribution in [0.5, 0.6) is 0 Å². The molecule has 1 aliphatic carbocycles. The number of nitrogens with one attached hydrogen (secondary N) is 1. The van der Waals surface area contributed by atoms with Crippen LogP contribution in [0.25, 0.3) is 11.1 Å². The zero-order chi connectivity index (χ0) is 24.2. The lowest BCUT2D eigenvalue weighted by Crippen LogP contribution is -2.28. The summed E-state index contributed by atoms with van der Waals surface area (Å²) in [5.41, 5.74) is 4.68. The van der Waals surface area contributed by atoms with E-state index in [1.54, 1.807) is 14.1 Å². The second kappa shape index (κ2) is 9.78. The number of anilines is 1. The molecule has 34 heavy (non-hydrogen) atoms. The molecule has 2 N–H and O–H groups in total. The molecule has 4 rings (SSSR count). The van der Waals surface area contributed by atoms with E-state index in [4.69, 9.17) is 9.84 Å². The Hall–Kier alpha value is -4.14. The number of ether oxygens (including phenoxy) is 1. The number of benzene rings is 2. The number of hydrogen-bond donors (Lipinski definition) is 2. The van der Waals surface area contributed by atoms with Gasteiger partial charge in [-0.15, -0.1) is 0 Å². The van der Waals surface area contributed by atoms with Crippen molar-refractivity contribution in [2.75, 3.05) is 25.5 Å². The molecule has 0 aliphatic heterocycles. The highest BCUT2D eigenvalue weighted by atomic mass is 16.5. The van der Waals surface area contributed by atoms with E-state index < -0.39 is 12.1 Å². The fourth-order valence-electron chi connectivity index (χ4n) is 4.19. The molecule has 2 aromatic carbocycles. The zero-order valence-electron chi connectivity index (χ0n) is 19.0. The Morgan fingerprint density at radius 2 is 1.71 bits per heavy atom. The molecule has 9 nitrogen and oxygen atoms in total. The maximum atomic E-state index is 12.6. The van der Waals surface area contributed by atoms with Gasteiger partial charge < -0.3 is 14.7 Å². The van der Waals surface area contributed by atoms with Gasteiger partial charge in [-0.1, -0.05) is 48.5 Å². The van der Waals surface area contributed by atoms with Crippen LogP contribution in [0.1, 0.15) is 40.4 Å². The lowest BCUT2D eigenvalue weighted by Gasteiger charge is -2.14. The first kappa shape index (κ1) is 23.0. The Labute approximate surface area is 196 Å². The third-order valence-corrected chi connectivity index (χ3v) is 5.90. The first-order valence-electron chi connectivity index (χ1n) is 11.0. The lowest BCUT2D eigenvalue weighted by molar-refractivity contribution is -0.137. The highest BCUT2D eigenvalue weighted by Gasteiger charge is 2.29. The second-order valence-electron chi connectivity index (χ2n) is 8.21. The van der Waals surface area contributed by atoms with Gasteiger partial charge in [0.2, 0.25) is 0 Å². The molecule has 176 valence electrons. The van der Waals surface area contributed by atoms with Crippen LogP contribution in [0.15, 0.2) is 54.6 Å². The van der Waals surface area contributed by atoms with Gasteiger partial charge in [-0.2, -0.15) is 5.10 Å². The monoisotopic (exact) mass is 462 g/mol. The van der Waals surface area contributed by atoms with Crippen LogP contribution in [-0.4, -0.2) is 58.0 Å². The number of carbonyl (C=O) groups excluding carboxylic acids is 2. The lowest BCUT2D eigenvalue weighted by atomic mass is 9.98. The molecule has 0 fully saturated rings. The minimum Gasteiger partial charge on any atom is -0.481 e. The van der Waals surface area contributed by atoms with Gasteiger partial charge in [0.15, 0.2) is 5.69 Å². The number of carboxylic acid groups (broad SMARTS) is 1. The van der Waals surface area contributed by atoms with Crippen molar-refractivity contribution < 1.29 is 24.2 Å². The number of carbonyl (C=O) groups is 3. The smallest absolute Gasteiger partial charge is 0.412 e. The van der Waals surface area contributed by atoms with Crippen LogP contribution in [0.2, 0.25) is 0 Å². The average molecular weight is 463 g/mol. The van der Waals surface area contributed by atoms with Crippen molar-refractivity contribution >= 4 is 23.8 Å². The van der Waals surface area contributed by atoms with Gasteiger partial charge in [-0.05, 0) is 28.7 Å². The Morgan fingerprint density at radius 1 is 1.09 bits per heavy atom. The molecule has 0 saturated heterocycles. The summed E-state index contributed by atoms with van der Waals surface area (Å²) in [6.07, 6.45) is -0.317. The number of nitrogens with zero attached hydrogens (tertiary/aromatic N) is 3. The molecule has 0 saturated carbocycles. The zero-order valence-corrected chi connectivity index (χ0v) is 19.0. The highest BCUT2D eigenvalue weighted by molar-refractivity contribution is 5.94. The molecule has 1 heterocycles. The first-order chi connectivity index (χ1) is 16.3. The molecule has 9 heteroatoms. The fraction of sp³-hybridized carbons (Fsp3) is 0.280. The summed E-state index contributed by atoms with van der Waals surface area (Å²) in [6.45, 7) is 0.465. The molecule has 2 amide bonds. The van der Waals surface area contributed by atoms with E-state index in [2.05, 4.69) is 22.5 Å². The molecule has 0 radical (unpaired) electrons. The normalized spacial score (nSPS) is 12.1. The summed E-state index contributed by atoms with van der Waals surface area (Å²) >= 11 is 0. The van der Waals surface area contributed by atoms with Crippen LogP contribution < -0.4 is 5.32 Å². The van der Waals surface area contributed by atoms with E-state index in [9.17, 15) is 14.4 Å². The van der Waals surface area contributed by atoms with Crippen molar-refractivity contribution in [3.8, 4) is 11.1 Å². The number of carboxylic acids is 1. The summed E-state index contributed by atoms with van der Waals surface area (Å²) in [4.78, 5) is 37.2. The van der Waals surface area contributed by atoms with Gasteiger partial charge in [0.1, 0.15) is 12.4 Å². The summed E-state index contributed by atoms with van der Waals surface area (Å²) in [6, 6.07) is 17.7. The van der Waals surface area contributed by atoms with E-state index >= 15 is 0 Å². The number of rotatable bonds is 8. The number of aliphatic carboxylic acids is 1. The third kappa shape index (κ3) is 4.78. The summed E-state index contributed by atoms with van der Waals surface area (Å²) in [5.74, 6) is -1.00. The Morgan fingerprint density at radius 3 is 2.32 bits per heavy atom. The molecule has 0 unspecified atom stereocenters. The largest absolute Gasteiger partial charge is 0.481 e. The van der Waals surface area contributed by atoms with Crippen LogP contribution >= 0.6 is 0 Å². The van der Waals surface area contributed by atoms with Crippen molar-refractivity contribution in [1.29, 1.82) is 0 Å². The average Bonchev–Trinajstić information content (AvgIpc) is 3.34. The minimum atomic E-state index is -0.909. The molecule has 1 aromatic heterocycles. The predicted molar refractivity (Wildman–Crippen MR) is 126 cm³/mol. The highest BCUT2D eigenvalue weighted by Crippen LogP contribution is 2.44. The molecule has 0 bridgehead atoms. The molecule has 3 aromatic rings. The van der Waals surface area contributed by atoms with E-state index in [0.29, 0.717) is 12.2 Å². The molecule has 0 spiro atoms. The summed E-state index contributed by atoms with van der Waals surface area (Å²) < 4.78 is 6.94. The Kier molecular flexibility index (Phi) is 6.62. The van der Waals surface area contributed by atoms with E-state index in [1.807, 2.05) is 36.4 Å². The number of aryl methyl sites for hydroxylation is 1. The number of amides is 2. The number of fused-ring (bicyclic) bond motifs is 3. The quantitative estimate of drug-likeness (QED) is 0.527. The van der Waals surface area contributed by atoms with Crippen LogP contribution in [0.4, 0.5) is 10.6 Å². The number of aromatic nitrogens is 2. The van der Waals surface area contributed by atoms with Gasteiger partial charge in [-0.3, -0.25) is 19.6 Å². The van der Waals surface area contributed by atoms with Crippen LogP contribution in [0.3, 0.4) is 0 Å². The Balaban J connectivity index is 1.37. The van der Waals surface area contributed by atoms with Crippen molar-refractivity contribution in [2.24, 2.45) is 7.05 Å². The summed E-state index contributed by atoms with van der Waals surface area (Å²) in [7, 11) is 3.19. The first-order valence-corrected chi connectivity index (χ1v) is 11.0. The van der Waals surface area contributed by atoms with Gasteiger partial charge >= 0.3 is 12.1 Å².